The molecule has 0 heterocycles. The minimum Gasteiger partial charge on any atom is -0.480 e. The van der Waals surface area contributed by atoms with E-state index in [1.807, 2.05) is 6.08 Å². The van der Waals surface area contributed by atoms with Gasteiger partial charge in [-0.1, -0.05) is 143 Å². The maximum Gasteiger partial charge on any atom is 0.326 e. The fourth-order valence-corrected chi connectivity index (χ4v) is 5.56. The Morgan fingerprint density at radius 2 is 1.05 bits per heavy atom. The maximum absolute atomic E-state index is 12.7. The van der Waals surface area contributed by atoms with Crippen LogP contribution in [0.3, 0.4) is 0 Å². The molecule has 0 aliphatic carbocycles. The van der Waals surface area contributed by atoms with Crippen LogP contribution in [0.15, 0.2) is 109 Å². The number of carbonyl (C=O) groups excluding carboxylic acids is 2. The number of carbonyl (C=O) groups is 3. The Bertz CT molecular complexity index is 1240. The quantitative estimate of drug-likeness (QED) is 0.0328. The molecule has 7 heteroatoms. The van der Waals surface area contributed by atoms with Crippen LogP contribution in [0.25, 0.3) is 0 Å². The van der Waals surface area contributed by atoms with E-state index < -0.39 is 12.0 Å². The summed E-state index contributed by atoms with van der Waals surface area (Å²) in [5.41, 5.74) is 5.48. The number of nitrogens with one attached hydrogen (secondary N) is 1. The van der Waals surface area contributed by atoms with Crippen molar-refractivity contribution in [2.45, 2.75) is 174 Å². The summed E-state index contributed by atoms with van der Waals surface area (Å²) < 4.78 is 5.87. The third-order valence-electron chi connectivity index (χ3n) is 8.81. The average molecular weight is 775 g/mol. The molecule has 0 aliphatic rings. The van der Waals surface area contributed by atoms with Crippen molar-refractivity contribution in [1.82, 2.24) is 5.32 Å². The molecule has 0 aliphatic heterocycles. The first kappa shape index (κ1) is 52.0. The van der Waals surface area contributed by atoms with Gasteiger partial charge in [-0.25, -0.2) is 4.79 Å². The minimum absolute atomic E-state index is 0.167. The van der Waals surface area contributed by atoms with E-state index in [1.165, 1.54) is 19.3 Å². The lowest BCUT2D eigenvalue weighted by Crippen LogP contribution is -2.40. The molecule has 0 bridgehead atoms. The third-order valence-corrected chi connectivity index (χ3v) is 8.81. The van der Waals surface area contributed by atoms with E-state index in [2.05, 4.69) is 122 Å². The zero-order chi connectivity index (χ0) is 41.0. The van der Waals surface area contributed by atoms with Gasteiger partial charge in [-0.05, 0) is 122 Å². The second kappa shape index (κ2) is 42.2. The van der Waals surface area contributed by atoms with E-state index in [9.17, 15) is 19.5 Å². The van der Waals surface area contributed by atoms with Gasteiger partial charge in [0.05, 0.1) is 0 Å². The molecule has 0 fully saturated rings. The van der Waals surface area contributed by atoms with Gasteiger partial charge in [0, 0.05) is 12.8 Å². The Hall–Kier alpha value is -3.97. The minimum atomic E-state index is -1.03. The number of allylic oxidation sites excluding steroid dienone is 17. The molecule has 1 amide bonds. The van der Waals surface area contributed by atoms with Crippen LogP contribution >= 0.6 is 0 Å². The molecule has 2 unspecified atom stereocenters. The number of amides is 1. The molecule has 0 spiro atoms. The number of aliphatic carboxylic acids is 1. The van der Waals surface area contributed by atoms with Crippen molar-refractivity contribution in [2.75, 3.05) is 6.54 Å². The van der Waals surface area contributed by atoms with Gasteiger partial charge in [0.1, 0.15) is 12.1 Å². The summed E-state index contributed by atoms with van der Waals surface area (Å²) in [6.07, 6.45) is 58.7. The van der Waals surface area contributed by atoms with Crippen LogP contribution in [0.4, 0.5) is 0 Å². The molecule has 314 valence electrons. The van der Waals surface area contributed by atoms with E-state index in [1.54, 1.807) is 0 Å². The SMILES string of the molecule is CC/C=C\C/C=C\C/C=C\C/C=C\C/C=C\C/C=C\C/C=C\CCCC(=O)OC(/C=C\C/C=C\CCCCC)CCCCCCC(=O)NC(CCCN)C(=O)O. The average Bonchev–Trinajstić information content (AvgIpc) is 3.18. The zero-order valence-electron chi connectivity index (χ0n) is 35.2. The number of esters is 1. The zero-order valence-corrected chi connectivity index (χ0v) is 35.2. The molecule has 0 rings (SSSR count). The largest absolute Gasteiger partial charge is 0.480 e. The molecule has 7 nitrogen and oxygen atoms in total. The lowest BCUT2D eigenvalue weighted by atomic mass is 10.1. The van der Waals surface area contributed by atoms with Gasteiger partial charge < -0.3 is 20.9 Å². The van der Waals surface area contributed by atoms with Crippen molar-refractivity contribution in [3.05, 3.63) is 109 Å². The Balaban J connectivity index is 4.39. The highest BCUT2D eigenvalue weighted by molar-refractivity contribution is 5.83. The summed E-state index contributed by atoms with van der Waals surface area (Å²) in [5, 5.41) is 11.9. The van der Waals surface area contributed by atoms with E-state index in [0.29, 0.717) is 38.6 Å². The Kier molecular flexibility index (Phi) is 39.2. The number of unbranched alkanes of at least 4 members (excludes halogenated alkanes) is 7. The van der Waals surface area contributed by atoms with Crippen LogP contribution in [-0.2, 0) is 19.1 Å². The van der Waals surface area contributed by atoms with Crippen molar-refractivity contribution >= 4 is 17.8 Å². The number of carboxylic acids is 1. The van der Waals surface area contributed by atoms with E-state index in [4.69, 9.17) is 10.5 Å². The Labute approximate surface area is 341 Å². The summed E-state index contributed by atoms with van der Waals surface area (Å²) in [6, 6.07) is -0.885. The number of nitrogens with two attached hydrogens (primary N) is 1. The summed E-state index contributed by atoms with van der Waals surface area (Å²) in [4.78, 5) is 36.3. The van der Waals surface area contributed by atoms with Gasteiger partial charge in [0.15, 0.2) is 0 Å². The second-order valence-electron chi connectivity index (χ2n) is 14.0. The van der Waals surface area contributed by atoms with Crippen molar-refractivity contribution < 1.29 is 24.2 Å². The van der Waals surface area contributed by atoms with Crippen LogP contribution in [0.1, 0.15) is 162 Å². The predicted octanol–water partition coefficient (Wildman–Crippen LogP) is 12.4. The standard InChI is InChI=1S/C49H78N2O5/c1-3-5-7-9-11-13-14-15-16-17-18-19-20-21-22-23-24-25-26-27-29-31-37-43-48(53)56-45(39-34-30-28-12-10-8-6-4-2)40-35-32-33-36-42-47(52)51-46(49(54)55)41-38-44-50/h5,7,11-13,15-16,18-19,21-22,24-25,27-29,34,39,45-46H,3-4,6,8-10,14,17,20,23,26,30-33,35-38,40-44,50H2,1-2H3,(H,51,52)(H,54,55)/b7-5-,13-11-,16-15-,19-18-,22-21-,25-24-,28-12-,29-27-,39-34-. The first-order valence-electron chi connectivity index (χ1n) is 21.7. The van der Waals surface area contributed by atoms with Crippen LogP contribution < -0.4 is 11.1 Å². The van der Waals surface area contributed by atoms with Gasteiger partial charge in [-0.3, -0.25) is 9.59 Å². The molecule has 0 aromatic carbocycles. The van der Waals surface area contributed by atoms with Gasteiger partial charge in [0.2, 0.25) is 5.91 Å². The lowest BCUT2D eigenvalue weighted by Gasteiger charge is -2.15. The fourth-order valence-electron chi connectivity index (χ4n) is 5.56. The van der Waals surface area contributed by atoms with Crippen molar-refractivity contribution in [1.29, 1.82) is 0 Å². The van der Waals surface area contributed by atoms with E-state index in [-0.39, 0.29) is 18.0 Å². The smallest absolute Gasteiger partial charge is 0.326 e. The molecule has 0 saturated carbocycles. The molecule has 2 atom stereocenters. The second-order valence-corrected chi connectivity index (χ2v) is 14.0. The number of hydrogen-bond acceptors (Lipinski definition) is 5. The Morgan fingerprint density at radius 3 is 1.57 bits per heavy atom. The number of ether oxygens (including phenoxy) is 1. The highest BCUT2D eigenvalue weighted by Gasteiger charge is 2.19. The first-order valence-corrected chi connectivity index (χ1v) is 21.7. The van der Waals surface area contributed by atoms with Crippen LogP contribution in [0, 0.1) is 0 Å². The highest BCUT2D eigenvalue weighted by atomic mass is 16.5. The monoisotopic (exact) mass is 775 g/mol. The molecule has 0 radical (unpaired) electrons. The fraction of sp³-hybridized carbons (Fsp3) is 0.571. The van der Waals surface area contributed by atoms with Gasteiger partial charge >= 0.3 is 11.9 Å². The van der Waals surface area contributed by atoms with Crippen molar-refractivity contribution in [3.8, 4) is 0 Å². The first-order chi connectivity index (χ1) is 27.4. The summed E-state index contributed by atoms with van der Waals surface area (Å²) in [7, 11) is 0. The number of carboxylic acid groups (broad SMARTS) is 1. The molecule has 0 aromatic rings. The van der Waals surface area contributed by atoms with Crippen LogP contribution in [0.2, 0.25) is 0 Å². The Morgan fingerprint density at radius 1 is 0.554 bits per heavy atom. The predicted molar refractivity (Wildman–Crippen MR) is 238 cm³/mol. The van der Waals surface area contributed by atoms with Gasteiger partial charge in [0.25, 0.3) is 0 Å². The van der Waals surface area contributed by atoms with Gasteiger partial charge in [-0.2, -0.15) is 0 Å². The molecular weight excluding hydrogens is 697 g/mol. The third kappa shape index (κ3) is 38.3. The van der Waals surface area contributed by atoms with Gasteiger partial charge in [-0.15, -0.1) is 0 Å². The molecule has 0 aromatic heterocycles. The number of hydrogen-bond donors (Lipinski definition) is 3. The summed E-state index contributed by atoms with van der Waals surface area (Å²) in [5.74, 6) is -1.43. The van der Waals surface area contributed by atoms with Crippen molar-refractivity contribution in [2.24, 2.45) is 5.73 Å². The topological polar surface area (TPSA) is 119 Å². The van der Waals surface area contributed by atoms with Crippen LogP contribution in [0.5, 0.6) is 0 Å². The van der Waals surface area contributed by atoms with E-state index >= 15 is 0 Å². The lowest BCUT2D eigenvalue weighted by molar-refractivity contribution is -0.147. The normalized spacial score (nSPS) is 13.8. The molecule has 56 heavy (non-hydrogen) atoms. The molecule has 4 N–H and O–H groups in total. The van der Waals surface area contributed by atoms with E-state index in [0.717, 1.165) is 96.3 Å². The highest BCUT2D eigenvalue weighted by Crippen LogP contribution is 2.14. The summed E-state index contributed by atoms with van der Waals surface area (Å²) in [6.45, 7) is 4.75. The molecule has 0 saturated heterocycles. The maximum atomic E-state index is 12.7. The summed E-state index contributed by atoms with van der Waals surface area (Å²) >= 11 is 0. The molecular formula is C49H78N2O5. The van der Waals surface area contributed by atoms with Crippen molar-refractivity contribution in [3.63, 3.8) is 0 Å². The van der Waals surface area contributed by atoms with Crippen LogP contribution in [-0.4, -0.2) is 41.6 Å². The number of rotatable bonds is 37.